The van der Waals surface area contributed by atoms with Gasteiger partial charge in [0.2, 0.25) is 5.91 Å². The zero-order valence-corrected chi connectivity index (χ0v) is 7.30. The molecule has 0 saturated heterocycles. The summed E-state index contributed by atoms with van der Waals surface area (Å²) in [6.45, 7) is 5.05. The number of carbonyl (C=O) groups is 1. The van der Waals surface area contributed by atoms with Crippen LogP contribution in [0.1, 0.15) is 5.56 Å². The second-order valence-electron chi connectivity index (χ2n) is 2.71. The summed E-state index contributed by atoms with van der Waals surface area (Å²) in [5.74, 6) is -0.704. The summed E-state index contributed by atoms with van der Waals surface area (Å²) >= 11 is 0. The lowest BCUT2D eigenvalue weighted by atomic mass is 10.2. The van der Waals surface area contributed by atoms with Crippen molar-refractivity contribution >= 4 is 11.6 Å². The lowest BCUT2D eigenvalue weighted by Gasteiger charge is -2.03. The van der Waals surface area contributed by atoms with Crippen molar-refractivity contribution < 1.29 is 9.18 Å². The van der Waals surface area contributed by atoms with Crippen LogP contribution in [0.2, 0.25) is 0 Å². The van der Waals surface area contributed by atoms with Crippen LogP contribution in [0.4, 0.5) is 10.1 Å². The van der Waals surface area contributed by atoms with Crippen molar-refractivity contribution in [1.29, 1.82) is 0 Å². The Kier molecular flexibility index (Phi) is 2.80. The number of carbonyl (C=O) groups excluding carboxylic acids is 1. The van der Waals surface area contributed by atoms with Gasteiger partial charge in [-0.3, -0.25) is 4.79 Å². The quantitative estimate of drug-likeness (QED) is 0.693. The molecule has 0 spiro atoms. The van der Waals surface area contributed by atoms with E-state index in [-0.39, 0.29) is 11.7 Å². The van der Waals surface area contributed by atoms with Crippen molar-refractivity contribution in [2.45, 2.75) is 6.92 Å². The Balaban J connectivity index is 2.89. The molecule has 0 fully saturated rings. The Morgan fingerprint density at radius 3 is 2.77 bits per heavy atom. The first-order chi connectivity index (χ1) is 6.11. The first kappa shape index (κ1) is 9.45. The predicted octanol–water partition coefficient (Wildman–Crippen LogP) is 2.26. The summed E-state index contributed by atoms with van der Waals surface area (Å²) in [6.07, 6.45) is 1.14. The number of hydrogen-bond donors (Lipinski definition) is 1. The Hall–Kier alpha value is -1.64. The van der Waals surface area contributed by atoms with E-state index in [1.54, 1.807) is 13.0 Å². The highest BCUT2D eigenvalue weighted by atomic mass is 19.1. The van der Waals surface area contributed by atoms with Crippen LogP contribution in [0, 0.1) is 12.7 Å². The molecule has 1 amide bonds. The topological polar surface area (TPSA) is 29.1 Å². The van der Waals surface area contributed by atoms with E-state index < -0.39 is 0 Å². The molecule has 0 heterocycles. The Morgan fingerprint density at radius 2 is 2.23 bits per heavy atom. The number of halogens is 1. The minimum Gasteiger partial charge on any atom is -0.322 e. The van der Waals surface area contributed by atoms with Crippen LogP contribution in [-0.4, -0.2) is 5.91 Å². The molecule has 1 aromatic rings. The monoisotopic (exact) mass is 179 g/mol. The minimum atomic E-state index is -0.362. The van der Waals surface area contributed by atoms with Gasteiger partial charge in [-0.1, -0.05) is 6.58 Å². The van der Waals surface area contributed by atoms with Gasteiger partial charge in [-0.05, 0) is 36.8 Å². The average molecular weight is 179 g/mol. The van der Waals surface area contributed by atoms with Crippen molar-refractivity contribution in [1.82, 2.24) is 0 Å². The van der Waals surface area contributed by atoms with Gasteiger partial charge in [0, 0.05) is 5.69 Å². The van der Waals surface area contributed by atoms with Crippen LogP contribution in [0.5, 0.6) is 0 Å². The molecule has 2 nitrogen and oxygen atoms in total. The second-order valence-corrected chi connectivity index (χ2v) is 2.71. The molecule has 68 valence electrons. The third-order valence-corrected chi connectivity index (χ3v) is 1.50. The maximum Gasteiger partial charge on any atom is 0.247 e. The zero-order chi connectivity index (χ0) is 9.84. The van der Waals surface area contributed by atoms with Gasteiger partial charge in [-0.25, -0.2) is 4.39 Å². The molecule has 0 aliphatic heterocycles. The summed E-state index contributed by atoms with van der Waals surface area (Å²) in [4.78, 5) is 10.9. The standard InChI is InChI=1S/C10H10FNO/c1-3-10(13)12-9-5-7(2)4-8(11)6-9/h3-6H,1H2,2H3,(H,12,13). The van der Waals surface area contributed by atoms with E-state index in [1.807, 2.05) is 0 Å². The number of hydrogen-bond acceptors (Lipinski definition) is 1. The molecular formula is C10H10FNO. The first-order valence-electron chi connectivity index (χ1n) is 3.82. The summed E-state index contributed by atoms with van der Waals surface area (Å²) in [5.41, 5.74) is 1.21. The Morgan fingerprint density at radius 1 is 1.54 bits per heavy atom. The first-order valence-corrected chi connectivity index (χ1v) is 3.82. The van der Waals surface area contributed by atoms with E-state index in [4.69, 9.17) is 0 Å². The van der Waals surface area contributed by atoms with Gasteiger partial charge < -0.3 is 5.32 Å². The number of amides is 1. The molecule has 0 aliphatic rings. The third kappa shape index (κ3) is 2.71. The van der Waals surface area contributed by atoms with Crippen molar-refractivity contribution in [2.75, 3.05) is 5.32 Å². The third-order valence-electron chi connectivity index (χ3n) is 1.50. The molecule has 1 rings (SSSR count). The van der Waals surface area contributed by atoms with Crippen LogP contribution >= 0.6 is 0 Å². The smallest absolute Gasteiger partial charge is 0.247 e. The molecule has 0 bridgehead atoms. The van der Waals surface area contributed by atoms with E-state index in [1.165, 1.54) is 12.1 Å². The van der Waals surface area contributed by atoms with Gasteiger partial charge in [0.1, 0.15) is 5.82 Å². The molecule has 0 atom stereocenters. The predicted molar refractivity (Wildman–Crippen MR) is 50.0 cm³/mol. The van der Waals surface area contributed by atoms with E-state index >= 15 is 0 Å². The number of rotatable bonds is 2. The maximum atomic E-state index is 12.8. The number of anilines is 1. The van der Waals surface area contributed by atoms with Gasteiger partial charge in [-0.2, -0.15) is 0 Å². The highest BCUT2D eigenvalue weighted by molar-refractivity contribution is 5.98. The van der Waals surface area contributed by atoms with E-state index in [0.29, 0.717) is 5.69 Å². The summed E-state index contributed by atoms with van der Waals surface area (Å²) < 4.78 is 12.8. The van der Waals surface area contributed by atoms with Gasteiger partial charge in [0.15, 0.2) is 0 Å². The van der Waals surface area contributed by atoms with Crippen LogP contribution in [-0.2, 0) is 4.79 Å². The van der Waals surface area contributed by atoms with Crippen LogP contribution in [0.25, 0.3) is 0 Å². The molecule has 0 radical (unpaired) electrons. The number of aryl methyl sites for hydroxylation is 1. The number of benzene rings is 1. The zero-order valence-electron chi connectivity index (χ0n) is 7.30. The van der Waals surface area contributed by atoms with Crippen LogP contribution in [0.15, 0.2) is 30.9 Å². The van der Waals surface area contributed by atoms with Gasteiger partial charge in [-0.15, -0.1) is 0 Å². The lowest BCUT2D eigenvalue weighted by molar-refractivity contribution is -0.111. The highest BCUT2D eigenvalue weighted by Crippen LogP contribution is 2.12. The molecule has 13 heavy (non-hydrogen) atoms. The normalized spacial score (nSPS) is 9.38. The Labute approximate surface area is 76.1 Å². The van der Waals surface area contributed by atoms with Crippen molar-refractivity contribution in [3.05, 3.63) is 42.2 Å². The molecule has 0 aromatic heterocycles. The largest absolute Gasteiger partial charge is 0.322 e. The van der Waals surface area contributed by atoms with E-state index in [0.717, 1.165) is 11.6 Å². The Bertz CT molecular complexity index is 327. The van der Waals surface area contributed by atoms with Crippen molar-refractivity contribution in [3.8, 4) is 0 Å². The fraction of sp³-hybridized carbons (Fsp3) is 0.100. The fourth-order valence-corrected chi connectivity index (χ4v) is 1.00. The molecule has 0 saturated carbocycles. The van der Waals surface area contributed by atoms with E-state index in [2.05, 4.69) is 11.9 Å². The summed E-state index contributed by atoms with van der Waals surface area (Å²) in [5, 5.41) is 2.48. The fourth-order valence-electron chi connectivity index (χ4n) is 1.00. The van der Waals surface area contributed by atoms with Crippen LogP contribution in [0.3, 0.4) is 0 Å². The average Bonchev–Trinajstić information content (AvgIpc) is 2.02. The van der Waals surface area contributed by atoms with Gasteiger partial charge >= 0.3 is 0 Å². The lowest BCUT2D eigenvalue weighted by Crippen LogP contribution is -2.07. The maximum absolute atomic E-state index is 12.8. The minimum absolute atomic E-state index is 0.343. The second kappa shape index (κ2) is 3.85. The van der Waals surface area contributed by atoms with Crippen LogP contribution < -0.4 is 5.32 Å². The molecule has 3 heteroatoms. The summed E-state index contributed by atoms with van der Waals surface area (Å²) in [7, 11) is 0. The van der Waals surface area contributed by atoms with Crippen molar-refractivity contribution in [3.63, 3.8) is 0 Å². The highest BCUT2D eigenvalue weighted by Gasteiger charge is 1.99. The SMILES string of the molecule is C=CC(=O)Nc1cc(C)cc(F)c1. The molecular weight excluding hydrogens is 169 g/mol. The molecule has 0 aliphatic carbocycles. The van der Waals surface area contributed by atoms with Gasteiger partial charge in [0.05, 0.1) is 0 Å². The molecule has 1 aromatic carbocycles. The van der Waals surface area contributed by atoms with E-state index in [9.17, 15) is 9.18 Å². The molecule has 0 unspecified atom stereocenters. The number of nitrogens with one attached hydrogen (secondary N) is 1. The summed E-state index contributed by atoms with van der Waals surface area (Å²) in [6, 6.07) is 4.34. The molecule has 1 N–H and O–H groups in total. The van der Waals surface area contributed by atoms with Gasteiger partial charge in [0.25, 0.3) is 0 Å². The van der Waals surface area contributed by atoms with Crippen molar-refractivity contribution in [2.24, 2.45) is 0 Å².